The molecule has 0 aliphatic heterocycles. The van der Waals surface area contributed by atoms with Crippen LogP contribution in [0.15, 0.2) is 24.3 Å². The third-order valence-corrected chi connectivity index (χ3v) is 8.25. The van der Waals surface area contributed by atoms with Gasteiger partial charge in [-0.3, -0.25) is 14.4 Å². The van der Waals surface area contributed by atoms with Crippen LogP contribution >= 0.6 is 0 Å². The van der Waals surface area contributed by atoms with Crippen molar-refractivity contribution < 1.29 is 43.7 Å². The van der Waals surface area contributed by atoms with E-state index in [1.165, 1.54) is 12.1 Å². The Labute approximate surface area is 295 Å². The number of carboxylic acid groups (broad SMARTS) is 2. The number of aliphatic carboxylic acids is 1. The van der Waals surface area contributed by atoms with Crippen LogP contribution < -0.4 is 32.2 Å². The quantitative estimate of drug-likeness (QED) is 0.0436. The van der Waals surface area contributed by atoms with Crippen LogP contribution in [0.1, 0.15) is 126 Å². The molecule has 3 amide bonds. The van der Waals surface area contributed by atoms with Crippen molar-refractivity contribution in [3.63, 3.8) is 0 Å². The molecule has 1 aromatic rings. The van der Waals surface area contributed by atoms with Gasteiger partial charge in [-0.25, -0.2) is 9.59 Å². The van der Waals surface area contributed by atoms with Crippen molar-refractivity contribution in [3.05, 3.63) is 29.8 Å². The van der Waals surface area contributed by atoms with Gasteiger partial charge in [-0.05, 0) is 82.1 Å². The first-order chi connectivity index (χ1) is 24.0. The largest absolute Gasteiger partial charge is 0.494 e. The van der Waals surface area contributed by atoms with Crippen molar-refractivity contribution in [2.24, 2.45) is 11.5 Å². The van der Waals surface area contributed by atoms with Crippen molar-refractivity contribution in [2.75, 3.05) is 19.7 Å². The topological polar surface area (TPSA) is 240 Å². The van der Waals surface area contributed by atoms with Gasteiger partial charge in [0, 0.05) is 25.9 Å². The van der Waals surface area contributed by atoms with Crippen LogP contribution in [0.4, 0.5) is 0 Å². The SMILES string of the molecule is N[C@H](C=O)CCCCNC(=O)[C@@H](N)CCCCNC(=O)CC[C@H](NC(=O)CCCCCCCCCCCOc1ccc(C(=O)O)cc1)C(=O)O. The number of aldehydes is 1. The maximum Gasteiger partial charge on any atom is 0.335 e. The van der Waals surface area contributed by atoms with E-state index < -0.39 is 30.1 Å². The Hall–Kier alpha value is -4.04. The molecule has 0 spiro atoms. The number of aromatic carboxylic acids is 1. The number of hydrogen-bond acceptors (Lipinski definition) is 9. The molecule has 0 heterocycles. The third kappa shape index (κ3) is 22.6. The molecule has 0 saturated carbocycles. The number of carbonyl (C=O) groups excluding carboxylic acids is 4. The molecule has 14 heteroatoms. The van der Waals surface area contributed by atoms with E-state index >= 15 is 0 Å². The molecule has 0 radical (unpaired) electrons. The number of rotatable bonds is 31. The zero-order chi connectivity index (χ0) is 37.0. The minimum atomic E-state index is -1.18. The lowest BCUT2D eigenvalue weighted by Gasteiger charge is -2.15. The highest BCUT2D eigenvalue weighted by Gasteiger charge is 2.21. The van der Waals surface area contributed by atoms with Crippen LogP contribution in [0, 0.1) is 0 Å². The highest BCUT2D eigenvalue weighted by Crippen LogP contribution is 2.14. The number of nitrogens with two attached hydrogens (primary N) is 2. The molecule has 3 atom stereocenters. The van der Waals surface area contributed by atoms with Crippen molar-refractivity contribution in [1.29, 1.82) is 0 Å². The second kappa shape index (κ2) is 27.7. The monoisotopic (exact) mass is 705 g/mol. The Morgan fingerprint density at radius 3 is 1.86 bits per heavy atom. The van der Waals surface area contributed by atoms with E-state index in [-0.39, 0.29) is 42.5 Å². The maximum absolute atomic E-state index is 12.3. The standard InChI is InChI=1S/C36H59N5O9/c37-28(26-42)14-9-11-24-40-34(45)30(38)15-10-12-23-39-32(43)22-21-31(36(48)49)41-33(44)16-8-6-4-2-1-3-5-7-13-25-50-29-19-17-27(18-20-29)35(46)47/h17-20,26,28,30-31H,1-16,21-25,37-38H2,(H,39,43)(H,40,45)(H,41,44)(H,46,47)(H,48,49)/t28-,30-,31-/m0/s1. The predicted octanol–water partition coefficient (Wildman–Crippen LogP) is 3.44. The van der Waals surface area contributed by atoms with E-state index in [1.54, 1.807) is 12.1 Å². The van der Waals surface area contributed by atoms with Crippen LogP contribution in [0.5, 0.6) is 5.75 Å². The van der Waals surface area contributed by atoms with Gasteiger partial charge in [0.2, 0.25) is 17.7 Å². The summed E-state index contributed by atoms with van der Waals surface area (Å²) in [6.45, 7) is 1.43. The van der Waals surface area contributed by atoms with Crippen molar-refractivity contribution in [3.8, 4) is 5.75 Å². The molecule has 0 aromatic heterocycles. The number of unbranched alkanes of at least 4 members (excludes halogenated alkanes) is 10. The number of nitrogens with one attached hydrogen (secondary N) is 3. The second-order valence-corrected chi connectivity index (χ2v) is 12.6. The third-order valence-electron chi connectivity index (χ3n) is 8.25. The Morgan fingerprint density at radius 2 is 1.26 bits per heavy atom. The second-order valence-electron chi connectivity index (χ2n) is 12.6. The maximum atomic E-state index is 12.3. The lowest BCUT2D eigenvalue weighted by molar-refractivity contribution is -0.142. The highest BCUT2D eigenvalue weighted by atomic mass is 16.5. The van der Waals surface area contributed by atoms with Gasteiger partial charge in [0.1, 0.15) is 18.1 Å². The molecule has 0 aliphatic rings. The van der Waals surface area contributed by atoms with E-state index in [2.05, 4.69) is 16.0 Å². The molecule has 282 valence electrons. The van der Waals surface area contributed by atoms with Gasteiger partial charge >= 0.3 is 11.9 Å². The van der Waals surface area contributed by atoms with Crippen LogP contribution in [0.2, 0.25) is 0 Å². The average molecular weight is 706 g/mol. The molecule has 1 rings (SSSR count). The van der Waals surface area contributed by atoms with E-state index in [0.717, 1.165) is 57.8 Å². The minimum absolute atomic E-state index is 0.00888. The summed E-state index contributed by atoms with van der Waals surface area (Å²) < 4.78 is 5.65. The molecule has 9 N–H and O–H groups in total. The Bertz CT molecular complexity index is 1150. The first kappa shape index (κ1) is 44.0. The van der Waals surface area contributed by atoms with E-state index in [1.807, 2.05) is 0 Å². The molecule has 50 heavy (non-hydrogen) atoms. The fourth-order valence-electron chi connectivity index (χ4n) is 5.16. The summed E-state index contributed by atoms with van der Waals surface area (Å²) in [6, 6.07) is 4.12. The summed E-state index contributed by atoms with van der Waals surface area (Å²) in [5.41, 5.74) is 11.7. The Morgan fingerprint density at radius 1 is 0.680 bits per heavy atom. The molecule has 0 fully saturated rings. The smallest absolute Gasteiger partial charge is 0.335 e. The van der Waals surface area contributed by atoms with Crippen LogP contribution in [-0.2, 0) is 24.0 Å². The van der Waals surface area contributed by atoms with Crippen LogP contribution in [-0.4, -0.2) is 84.0 Å². The van der Waals surface area contributed by atoms with Crippen molar-refractivity contribution in [1.82, 2.24) is 16.0 Å². The summed E-state index contributed by atoms with van der Waals surface area (Å²) >= 11 is 0. The molecule has 0 saturated heterocycles. The summed E-state index contributed by atoms with van der Waals surface area (Å²) in [5, 5.41) is 26.5. The molecular weight excluding hydrogens is 646 g/mol. The minimum Gasteiger partial charge on any atom is -0.494 e. The normalized spacial score (nSPS) is 12.7. The molecule has 0 aliphatic carbocycles. The summed E-state index contributed by atoms with van der Waals surface area (Å²) in [4.78, 5) is 69.6. The number of carbonyl (C=O) groups is 6. The summed E-state index contributed by atoms with van der Waals surface area (Å²) in [5.74, 6) is -2.36. The van der Waals surface area contributed by atoms with E-state index in [0.29, 0.717) is 70.3 Å². The van der Waals surface area contributed by atoms with Crippen molar-refractivity contribution >= 4 is 35.9 Å². The van der Waals surface area contributed by atoms with Gasteiger partial charge in [-0.1, -0.05) is 44.9 Å². The number of ether oxygens (including phenoxy) is 1. The number of benzene rings is 1. The molecule has 1 aromatic carbocycles. The van der Waals surface area contributed by atoms with Gasteiger partial charge in [0.05, 0.1) is 24.3 Å². The van der Waals surface area contributed by atoms with Gasteiger partial charge < -0.3 is 47.2 Å². The summed E-state index contributed by atoms with van der Waals surface area (Å²) in [7, 11) is 0. The first-order valence-electron chi connectivity index (χ1n) is 18.0. The molecule has 14 nitrogen and oxygen atoms in total. The number of carboxylic acids is 2. The van der Waals surface area contributed by atoms with E-state index in [9.17, 15) is 33.9 Å². The van der Waals surface area contributed by atoms with Gasteiger partial charge in [-0.15, -0.1) is 0 Å². The molecule has 0 bridgehead atoms. The van der Waals surface area contributed by atoms with Crippen LogP contribution in [0.25, 0.3) is 0 Å². The number of hydrogen-bond donors (Lipinski definition) is 7. The van der Waals surface area contributed by atoms with Gasteiger partial charge in [0.25, 0.3) is 0 Å². The zero-order valence-corrected chi connectivity index (χ0v) is 29.4. The Balaban J connectivity index is 2.03. The average Bonchev–Trinajstić information content (AvgIpc) is 3.09. The molecular formula is C36H59N5O9. The van der Waals surface area contributed by atoms with Crippen LogP contribution in [0.3, 0.4) is 0 Å². The lowest BCUT2D eigenvalue weighted by Crippen LogP contribution is -2.41. The fraction of sp³-hybridized carbons (Fsp3) is 0.667. The zero-order valence-electron chi connectivity index (χ0n) is 29.4. The van der Waals surface area contributed by atoms with Gasteiger partial charge in [0.15, 0.2) is 0 Å². The van der Waals surface area contributed by atoms with Gasteiger partial charge in [-0.2, -0.15) is 0 Å². The number of amides is 3. The lowest BCUT2D eigenvalue weighted by atomic mass is 10.1. The Kier molecular flexibility index (Phi) is 24.4. The van der Waals surface area contributed by atoms with Crippen molar-refractivity contribution in [2.45, 2.75) is 134 Å². The van der Waals surface area contributed by atoms with E-state index in [4.69, 9.17) is 21.3 Å². The summed E-state index contributed by atoms with van der Waals surface area (Å²) in [6.07, 6.45) is 13.6. The predicted molar refractivity (Wildman–Crippen MR) is 190 cm³/mol. The first-order valence-corrected chi connectivity index (χ1v) is 18.0. The fourth-order valence-corrected chi connectivity index (χ4v) is 5.16. The molecule has 0 unspecified atom stereocenters. The highest BCUT2D eigenvalue weighted by molar-refractivity contribution is 5.87.